The minimum atomic E-state index is -0.943. The molecule has 0 bridgehead atoms. The Morgan fingerprint density at radius 1 is 0.960 bits per heavy atom. The standard InChI is InChI=1S/C18H15ClF2N4/c1-10-7-11(2)17(13(19)8-10)24-16-5-6-22-18(25-16)23-12-3-4-14(20)15(21)9-12/h3-9H,1-2H3,(H2,22,23,24,25). The first kappa shape index (κ1) is 17.1. The largest absolute Gasteiger partial charge is 0.339 e. The van der Waals surface area contributed by atoms with Crippen LogP contribution in [0.2, 0.25) is 5.02 Å². The van der Waals surface area contributed by atoms with Crippen LogP contribution in [0.1, 0.15) is 11.1 Å². The van der Waals surface area contributed by atoms with Crippen LogP contribution in [0, 0.1) is 25.5 Å². The summed E-state index contributed by atoms with van der Waals surface area (Å²) in [5, 5.41) is 6.58. The molecule has 0 aliphatic carbocycles. The first-order chi connectivity index (χ1) is 11.9. The maximum Gasteiger partial charge on any atom is 0.229 e. The highest BCUT2D eigenvalue weighted by molar-refractivity contribution is 6.33. The molecule has 0 saturated carbocycles. The molecule has 0 unspecified atom stereocenters. The Morgan fingerprint density at radius 2 is 1.76 bits per heavy atom. The van der Waals surface area contributed by atoms with Gasteiger partial charge in [0.05, 0.1) is 10.7 Å². The summed E-state index contributed by atoms with van der Waals surface area (Å²) >= 11 is 6.29. The van der Waals surface area contributed by atoms with Gasteiger partial charge in [0.1, 0.15) is 5.82 Å². The normalized spacial score (nSPS) is 10.6. The summed E-state index contributed by atoms with van der Waals surface area (Å²) < 4.78 is 26.3. The van der Waals surface area contributed by atoms with E-state index in [4.69, 9.17) is 11.6 Å². The molecule has 2 aromatic carbocycles. The Hall–Kier alpha value is -2.73. The Labute approximate surface area is 148 Å². The second kappa shape index (κ2) is 7.03. The van der Waals surface area contributed by atoms with Gasteiger partial charge in [0, 0.05) is 18.0 Å². The summed E-state index contributed by atoms with van der Waals surface area (Å²) in [5.41, 5.74) is 3.15. The van der Waals surface area contributed by atoms with Crippen molar-refractivity contribution in [1.82, 2.24) is 9.97 Å². The van der Waals surface area contributed by atoms with Crippen LogP contribution < -0.4 is 10.6 Å². The van der Waals surface area contributed by atoms with Gasteiger partial charge in [-0.3, -0.25) is 0 Å². The van der Waals surface area contributed by atoms with E-state index in [-0.39, 0.29) is 5.95 Å². The fraction of sp³-hybridized carbons (Fsp3) is 0.111. The second-order valence-corrected chi connectivity index (χ2v) is 5.99. The average Bonchev–Trinajstić information content (AvgIpc) is 2.55. The van der Waals surface area contributed by atoms with Crippen LogP contribution >= 0.6 is 11.6 Å². The summed E-state index contributed by atoms with van der Waals surface area (Å²) in [6.45, 7) is 3.92. The fourth-order valence-corrected chi connectivity index (χ4v) is 2.76. The monoisotopic (exact) mass is 360 g/mol. The number of aryl methyl sites for hydroxylation is 2. The second-order valence-electron chi connectivity index (χ2n) is 5.58. The van der Waals surface area contributed by atoms with E-state index in [2.05, 4.69) is 20.6 Å². The Kier molecular flexibility index (Phi) is 4.81. The lowest BCUT2D eigenvalue weighted by molar-refractivity contribution is 0.509. The van der Waals surface area contributed by atoms with Gasteiger partial charge in [0.25, 0.3) is 0 Å². The van der Waals surface area contributed by atoms with E-state index in [1.54, 1.807) is 12.3 Å². The zero-order valence-electron chi connectivity index (χ0n) is 13.6. The Balaban J connectivity index is 1.83. The van der Waals surface area contributed by atoms with Crippen molar-refractivity contribution in [3.05, 3.63) is 70.4 Å². The van der Waals surface area contributed by atoms with Gasteiger partial charge >= 0.3 is 0 Å². The van der Waals surface area contributed by atoms with E-state index >= 15 is 0 Å². The van der Waals surface area contributed by atoms with Gasteiger partial charge in [-0.25, -0.2) is 13.8 Å². The summed E-state index contributed by atoms with van der Waals surface area (Å²) in [6.07, 6.45) is 1.55. The summed E-state index contributed by atoms with van der Waals surface area (Å²) in [5.74, 6) is -1.08. The van der Waals surface area contributed by atoms with Crippen molar-refractivity contribution in [3.8, 4) is 0 Å². The lowest BCUT2D eigenvalue weighted by Gasteiger charge is -2.13. The number of hydrogen-bond acceptors (Lipinski definition) is 4. The summed E-state index contributed by atoms with van der Waals surface area (Å²) in [6, 6.07) is 9.04. The number of anilines is 4. The van der Waals surface area contributed by atoms with Crippen molar-refractivity contribution in [2.24, 2.45) is 0 Å². The van der Waals surface area contributed by atoms with Crippen LogP contribution in [0.3, 0.4) is 0 Å². The van der Waals surface area contributed by atoms with Crippen LogP contribution in [0.5, 0.6) is 0 Å². The van der Waals surface area contributed by atoms with Gasteiger partial charge < -0.3 is 10.6 Å². The van der Waals surface area contributed by atoms with Crippen LogP contribution in [0.15, 0.2) is 42.6 Å². The van der Waals surface area contributed by atoms with Crippen LogP contribution in [0.25, 0.3) is 0 Å². The van der Waals surface area contributed by atoms with Gasteiger partial charge in [-0.1, -0.05) is 17.7 Å². The third-order valence-electron chi connectivity index (χ3n) is 3.52. The van der Waals surface area contributed by atoms with Crippen molar-refractivity contribution < 1.29 is 8.78 Å². The molecule has 3 rings (SSSR count). The smallest absolute Gasteiger partial charge is 0.229 e. The van der Waals surface area contributed by atoms with Gasteiger partial charge in [0.2, 0.25) is 5.95 Å². The van der Waals surface area contributed by atoms with Crippen molar-refractivity contribution in [3.63, 3.8) is 0 Å². The molecule has 0 radical (unpaired) electrons. The molecule has 0 saturated heterocycles. The first-order valence-corrected chi connectivity index (χ1v) is 7.89. The number of nitrogens with one attached hydrogen (secondary N) is 2. The SMILES string of the molecule is Cc1cc(C)c(Nc2ccnc(Nc3ccc(F)c(F)c3)n2)c(Cl)c1. The number of aromatic nitrogens is 2. The fourth-order valence-electron chi connectivity index (χ4n) is 2.39. The topological polar surface area (TPSA) is 49.8 Å². The van der Waals surface area contributed by atoms with E-state index in [0.29, 0.717) is 16.5 Å². The van der Waals surface area contributed by atoms with E-state index < -0.39 is 11.6 Å². The third-order valence-corrected chi connectivity index (χ3v) is 3.81. The van der Waals surface area contributed by atoms with Gasteiger partial charge in [0.15, 0.2) is 11.6 Å². The molecule has 0 aliphatic rings. The van der Waals surface area contributed by atoms with Crippen molar-refractivity contribution >= 4 is 34.7 Å². The molecular weight excluding hydrogens is 346 g/mol. The molecule has 2 N–H and O–H groups in total. The number of rotatable bonds is 4. The predicted octanol–water partition coefficient (Wildman–Crippen LogP) is 5.51. The van der Waals surface area contributed by atoms with Crippen molar-refractivity contribution in [2.45, 2.75) is 13.8 Å². The average molecular weight is 361 g/mol. The molecule has 7 heteroatoms. The molecule has 0 fully saturated rings. The molecule has 25 heavy (non-hydrogen) atoms. The highest BCUT2D eigenvalue weighted by Crippen LogP contribution is 2.30. The number of hydrogen-bond donors (Lipinski definition) is 2. The molecule has 1 heterocycles. The molecule has 128 valence electrons. The molecule has 0 aliphatic heterocycles. The zero-order chi connectivity index (χ0) is 18.0. The number of halogens is 3. The molecule has 0 spiro atoms. The Bertz CT molecular complexity index is 908. The van der Waals surface area contributed by atoms with Gasteiger partial charge in [-0.2, -0.15) is 4.98 Å². The van der Waals surface area contributed by atoms with Crippen molar-refractivity contribution in [1.29, 1.82) is 0 Å². The third kappa shape index (κ3) is 4.03. The van der Waals surface area contributed by atoms with Crippen LogP contribution in [0.4, 0.5) is 31.9 Å². The maximum atomic E-state index is 13.3. The lowest BCUT2D eigenvalue weighted by Crippen LogP contribution is -2.02. The van der Waals surface area contributed by atoms with E-state index in [9.17, 15) is 8.78 Å². The first-order valence-electron chi connectivity index (χ1n) is 7.51. The molecule has 1 aromatic heterocycles. The Morgan fingerprint density at radius 3 is 2.48 bits per heavy atom. The molecule has 4 nitrogen and oxygen atoms in total. The minimum absolute atomic E-state index is 0.247. The van der Waals surface area contributed by atoms with Crippen LogP contribution in [-0.2, 0) is 0 Å². The minimum Gasteiger partial charge on any atom is -0.339 e. The van der Waals surface area contributed by atoms with Crippen LogP contribution in [-0.4, -0.2) is 9.97 Å². The lowest BCUT2D eigenvalue weighted by atomic mass is 10.1. The highest BCUT2D eigenvalue weighted by atomic mass is 35.5. The molecule has 0 atom stereocenters. The quantitative estimate of drug-likeness (QED) is 0.644. The highest BCUT2D eigenvalue weighted by Gasteiger charge is 2.08. The molecule has 3 aromatic rings. The summed E-state index contributed by atoms with van der Waals surface area (Å²) in [4.78, 5) is 8.39. The number of benzene rings is 2. The molecule has 0 amide bonds. The summed E-state index contributed by atoms with van der Waals surface area (Å²) in [7, 11) is 0. The van der Waals surface area contributed by atoms with Gasteiger partial charge in [-0.05, 0) is 49.2 Å². The predicted molar refractivity (Wildman–Crippen MR) is 95.9 cm³/mol. The molecular formula is C18H15ClF2N4. The maximum absolute atomic E-state index is 13.3. The zero-order valence-corrected chi connectivity index (χ0v) is 14.3. The van der Waals surface area contributed by atoms with E-state index in [0.717, 1.165) is 28.9 Å². The number of nitrogens with zero attached hydrogens (tertiary/aromatic N) is 2. The van der Waals surface area contributed by atoms with Crippen molar-refractivity contribution in [2.75, 3.05) is 10.6 Å². The van der Waals surface area contributed by atoms with Gasteiger partial charge in [-0.15, -0.1) is 0 Å². The van der Waals surface area contributed by atoms with E-state index in [1.807, 2.05) is 26.0 Å². The van der Waals surface area contributed by atoms with E-state index in [1.165, 1.54) is 6.07 Å².